The molecule has 0 fully saturated rings. The quantitative estimate of drug-likeness (QED) is 0.734. The average molecular weight is 293 g/mol. The number of hydrogen-bond donors (Lipinski definition) is 1. The van der Waals surface area contributed by atoms with E-state index in [1.807, 2.05) is 24.3 Å². The minimum atomic E-state index is -0.932. The maximum absolute atomic E-state index is 10.4. The van der Waals surface area contributed by atoms with E-state index >= 15 is 0 Å². The van der Waals surface area contributed by atoms with Crippen molar-refractivity contribution in [3.63, 3.8) is 0 Å². The van der Waals surface area contributed by atoms with Gasteiger partial charge < -0.3 is 9.52 Å². The van der Waals surface area contributed by atoms with Crippen LogP contribution in [0.1, 0.15) is 17.4 Å². The molecular formula is C15H10Cl2O2. The molecule has 19 heavy (non-hydrogen) atoms. The topological polar surface area (TPSA) is 33.4 Å². The number of furan rings is 1. The van der Waals surface area contributed by atoms with Crippen LogP contribution in [-0.4, -0.2) is 5.11 Å². The number of aliphatic hydroxyl groups excluding tert-OH is 1. The summed E-state index contributed by atoms with van der Waals surface area (Å²) in [7, 11) is 0. The zero-order chi connectivity index (χ0) is 13.4. The molecule has 1 atom stereocenters. The standard InChI is InChI=1S/C15H10Cl2O2/c16-11-6-3-5-10(14(11)17)15(18)13-8-9-4-1-2-7-12(9)19-13/h1-8,15,18H. The number of aliphatic hydroxyl groups is 1. The van der Waals surface area contributed by atoms with Gasteiger partial charge in [-0.3, -0.25) is 0 Å². The van der Waals surface area contributed by atoms with Crippen LogP contribution in [0.4, 0.5) is 0 Å². The highest BCUT2D eigenvalue weighted by atomic mass is 35.5. The molecule has 0 saturated heterocycles. The zero-order valence-corrected chi connectivity index (χ0v) is 11.3. The van der Waals surface area contributed by atoms with Crippen LogP contribution in [0.3, 0.4) is 0 Å². The summed E-state index contributed by atoms with van der Waals surface area (Å²) in [6, 6.07) is 14.5. The van der Waals surface area contributed by atoms with Gasteiger partial charge in [0.25, 0.3) is 0 Å². The van der Waals surface area contributed by atoms with E-state index in [1.54, 1.807) is 24.3 Å². The fourth-order valence-electron chi connectivity index (χ4n) is 2.02. The molecule has 2 nitrogen and oxygen atoms in total. The van der Waals surface area contributed by atoms with Crippen molar-refractivity contribution in [3.05, 3.63) is 69.9 Å². The summed E-state index contributed by atoms with van der Waals surface area (Å²) < 4.78 is 5.63. The van der Waals surface area contributed by atoms with Gasteiger partial charge in [0.15, 0.2) is 0 Å². The number of para-hydroxylation sites is 1. The Kier molecular flexibility index (Phi) is 3.23. The molecular weight excluding hydrogens is 283 g/mol. The van der Waals surface area contributed by atoms with Gasteiger partial charge in [-0.2, -0.15) is 0 Å². The molecule has 1 unspecified atom stereocenters. The molecule has 3 aromatic rings. The minimum absolute atomic E-state index is 0.345. The number of benzene rings is 2. The molecule has 2 aromatic carbocycles. The molecule has 0 aliphatic carbocycles. The Morgan fingerprint density at radius 3 is 2.58 bits per heavy atom. The second kappa shape index (κ2) is 4.89. The van der Waals surface area contributed by atoms with E-state index in [2.05, 4.69) is 0 Å². The maximum Gasteiger partial charge on any atom is 0.138 e. The highest BCUT2D eigenvalue weighted by Gasteiger charge is 2.19. The largest absolute Gasteiger partial charge is 0.458 e. The van der Waals surface area contributed by atoms with E-state index in [9.17, 15) is 5.11 Å². The number of hydrogen-bond acceptors (Lipinski definition) is 2. The van der Waals surface area contributed by atoms with Gasteiger partial charge in [0.2, 0.25) is 0 Å². The van der Waals surface area contributed by atoms with Crippen LogP contribution in [-0.2, 0) is 0 Å². The van der Waals surface area contributed by atoms with Crippen LogP contribution in [0.5, 0.6) is 0 Å². The molecule has 1 heterocycles. The van der Waals surface area contributed by atoms with Crippen molar-refractivity contribution in [2.75, 3.05) is 0 Å². The fourth-order valence-corrected chi connectivity index (χ4v) is 2.43. The molecule has 0 saturated carbocycles. The highest BCUT2D eigenvalue weighted by molar-refractivity contribution is 6.42. The van der Waals surface area contributed by atoms with Gasteiger partial charge in [0, 0.05) is 10.9 Å². The van der Waals surface area contributed by atoms with E-state index in [-0.39, 0.29) is 0 Å². The predicted molar refractivity (Wildman–Crippen MR) is 76.7 cm³/mol. The summed E-state index contributed by atoms with van der Waals surface area (Å²) in [5, 5.41) is 12.1. The Morgan fingerprint density at radius 2 is 1.79 bits per heavy atom. The van der Waals surface area contributed by atoms with E-state index in [0.29, 0.717) is 21.4 Å². The molecule has 96 valence electrons. The van der Waals surface area contributed by atoms with Gasteiger partial charge >= 0.3 is 0 Å². The van der Waals surface area contributed by atoms with Gasteiger partial charge in [-0.05, 0) is 18.2 Å². The van der Waals surface area contributed by atoms with Crippen molar-refractivity contribution in [1.29, 1.82) is 0 Å². The first-order valence-electron chi connectivity index (χ1n) is 5.77. The highest BCUT2D eigenvalue weighted by Crippen LogP contribution is 2.34. The predicted octanol–water partition coefficient (Wildman–Crippen LogP) is 4.82. The third-order valence-electron chi connectivity index (χ3n) is 2.99. The maximum atomic E-state index is 10.4. The smallest absolute Gasteiger partial charge is 0.138 e. The summed E-state index contributed by atoms with van der Waals surface area (Å²) in [5.41, 5.74) is 1.27. The number of fused-ring (bicyclic) bond motifs is 1. The zero-order valence-electron chi connectivity index (χ0n) is 9.81. The molecule has 0 aliphatic heterocycles. The summed E-state index contributed by atoms with van der Waals surface area (Å²) >= 11 is 12.1. The van der Waals surface area contributed by atoms with Gasteiger partial charge in [0.05, 0.1) is 10.0 Å². The van der Waals surface area contributed by atoms with Crippen molar-refractivity contribution in [1.82, 2.24) is 0 Å². The van der Waals surface area contributed by atoms with Crippen molar-refractivity contribution >= 4 is 34.2 Å². The molecule has 4 heteroatoms. The summed E-state index contributed by atoms with van der Waals surface area (Å²) in [4.78, 5) is 0. The molecule has 0 spiro atoms. The molecule has 1 aromatic heterocycles. The molecule has 3 rings (SSSR count). The lowest BCUT2D eigenvalue weighted by atomic mass is 10.1. The van der Waals surface area contributed by atoms with Crippen LogP contribution < -0.4 is 0 Å². The van der Waals surface area contributed by atoms with Crippen molar-refractivity contribution in [2.45, 2.75) is 6.10 Å². The summed E-state index contributed by atoms with van der Waals surface area (Å²) in [5.74, 6) is 0.449. The van der Waals surface area contributed by atoms with E-state index in [4.69, 9.17) is 27.6 Å². The molecule has 0 radical (unpaired) electrons. The number of halogens is 2. The van der Waals surface area contributed by atoms with Gasteiger partial charge in [0.1, 0.15) is 17.4 Å². The lowest BCUT2D eigenvalue weighted by Gasteiger charge is -2.10. The Bertz CT molecular complexity index is 701. The second-order valence-electron chi connectivity index (χ2n) is 4.23. The van der Waals surface area contributed by atoms with Crippen LogP contribution in [0, 0.1) is 0 Å². The van der Waals surface area contributed by atoms with Gasteiger partial charge in [-0.25, -0.2) is 0 Å². The Labute approximate surface area is 120 Å². The fraction of sp³-hybridized carbons (Fsp3) is 0.0667. The van der Waals surface area contributed by atoms with E-state index < -0.39 is 6.10 Å². The Balaban J connectivity index is 2.08. The van der Waals surface area contributed by atoms with E-state index in [0.717, 1.165) is 11.0 Å². The first kappa shape index (κ1) is 12.5. The molecule has 0 aliphatic rings. The summed E-state index contributed by atoms with van der Waals surface area (Å²) in [6.07, 6.45) is -0.932. The summed E-state index contributed by atoms with van der Waals surface area (Å²) in [6.45, 7) is 0. The second-order valence-corrected chi connectivity index (χ2v) is 5.02. The van der Waals surface area contributed by atoms with Crippen molar-refractivity contribution in [2.24, 2.45) is 0 Å². The molecule has 0 bridgehead atoms. The van der Waals surface area contributed by atoms with Crippen LogP contribution in [0.25, 0.3) is 11.0 Å². The SMILES string of the molecule is OC(c1cc2ccccc2o1)c1cccc(Cl)c1Cl. The Hall–Kier alpha value is -1.48. The normalized spacial score (nSPS) is 12.8. The van der Waals surface area contributed by atoms with E-state index in [1.165, 1.54) is 0 Å². The number of rotatable bonds is 2. The Morgan fingerprint density at radius 1 is 1.00 bits per heavy atom. The monoisotopic (exact) mass is 292 g/mol. The first-order valence-corrected chi connectivity index (χ1v) is 6.53. The van der Waals surface area contributed by atoms with Gasteiger partial charge in [-0.15, -0.1) is 0 Å². The molecule has 1 N–H and O–H groups in total. The molecule has 0 amide bonds. The minimum Gasteiger partial charge on any atom is -0.458 e. The van der Waals surface area contributed by atoms with Gasteiger partial charge in [-0.1, -0.05) is 53.5 Å². The lowest BCUT2D eigenvalue weighted by molar-refractivity contribution is 0.192. The van der Waals surface area contributed by atoms with Crippen molar-refractivity contribution < 1.29 is 9.52 Å². The average Bonchev–Trinajstić information content (AvgIpc) is 2.85. The first-order chi connectivity index (χ1) is 9.16. The van der Waals surface area contributed by atoms with Crippen molar-refractivity contribution in [3.8, 4) is 0 Å². The van der Waals surface area contributed by atoms with Crippen LogP contribution >= 0.6 is 23.2 Å². The third-order valence-corrected chi connectivity index (χ3v) is 3.82. The van der Waals surface area contributed by atoms with Crippen LogP contribution in [0.15, 0.2) is 52.9 Å². The lowest BCUT2D eigenvalue weighted by Crippen LogP contribution is -1.99. The third kappa shape index (κ3) is 2.23. The van der Waals surface area contributed by atoms with Crippen LogP contribution in [0.2, 0.25) is 10.0 Å².